The van der Waals surface area contributed by atoms with Crippen LogP contribution in [0.4, 0.5) is 0 Å². The topological polar surface area (TPSA) is 111 Å². The second-order valence-electron chi connectivity index (χ2n) is 3.98. The third kappa shape index (κ3) is 3.12. The minimum Gasteiger partial charge on any atom is -0.423 e. The fourth-order valence-corrected chi connectivity index (χ4v) is 1.62. The van der Waals surface area contributed by atoms with Crippen LogP contribution in [0.2, 0.25) is 5.02 Å². The van der Waals surface area contributed by atoms with Crippen molar-refractivity contribution >= 4 is 23.4 Å². The van der Waals surface area contributed by atoms with Crippen LogP contribution in [0.5, 0.6) is 0 Å². The summed E-state index contributed by atoms with van der Waals surface area (Å²) in [4.78, 5) is 23.4. The number of rotatable bonds is 4. The average molecular weight is 295 g/mol. The number of hydrogen-bond acceptors (Lipinski definition) is 5. The molecule has 1 unspecified atom stereocenters. The summed E-state index contributed by atoms with van der Waals surface area (Å²) in [5.41, 5.74) is 5.56. The Balaban J connectivity index is 2.18. The molecule has 104 valence electrons. The molecule has 0 spiro atoms. The van der Waals surface area contributed by atoms with E-state index in [0.717, 1.165) is 0 Å². The van der Waals surface area contributed by atoms with Crippen LogP contribution in [-0.2, 0) is 4.79 Å². The van der Waals surface area contributed by atoms with Gasteiger partial charge in [-0.1, -0.05) is 11.6 Å². The van der Waals surface area contributed by atoms with Gasteiger partial charge in [0.1, 0.15) is 0 Å². The Morgan fingerprint density at radius 2 is 1.95 bits per heavy atom. The second-order valence-corrected chi connectivity index (χ2v) is 4.41. The lowest BCUT2D eigenvalue weighted by Crippen LogP contribution is -2.37. The van der Waals surface area contributed by atoms with Gasteiger partial charge in [0.2, 0.25) is 17.7 Å². The van der Waals surface area contributed by atoms with Crippen molar-refractivity contribution in [2.45, 2.75) is 13.0 Å². The van der Waals surface area contributed by atoms with Gasteiger partial charge in [0, 0.05) is 17.5 Å². The van der Waals surface area contributed by atoms with Crippen LogP contribution in [0.25, 0.3) is 0 Å². The van der Waals surface area contributed by atoms with E-state index in [0.29, 0.717) is 10.6 Å². The van der Waals surface area contributed by atoms with Gasteiger partial charge >= 0.3 is 0 Å². The van der Waals surface area contributed by atoms with Crippen molar-refractivity contribution in [2.75, 3.05) is 0 Å². The first-order valence-electron chi connectivity index (χ1n) is 5.63. The molecule has 1 heterocycles. The number of carbonyl (C=O) groups is 2. The molecule has 0 aliphatic rings. The van der Waals surface area contributed by atoms with E-state index in [1.54, 1.807) is 19.1 Å². The predicted octanol–water partition coefficient (Wildman–Crippen LogP) is 0.988. The van der Waals surface area contributed by atoms with E-state index < -0.39 is 17.9 Å². The Labute approximate surface area is 119 Å². The molecule has 0 bridgehead atoms. The number of aromatic nitrogens is 2. The van der Waals surface area contributed by atoms with E-state index in [9.17, 15) is 9.59 Å². The second kappa shape index (κ2) is 5.70. The Hall–Kier alpha value is -2.41. The molecule has 0 radical (unpaired) electrons. The number of nitrogens with zero attached hydrogens (tertiary/aromatic N) is 2. The van der Waals surface area contributed by atoms with Crippen LogP contribution < -0.4 is 11.1 Å². The van der Waals surface area contributed by atoms with Crippen molar-refractivity contribution in [3.05, 3.63) is 46.6 Å². The zero-order valence-electron chi connectivity index (χ0n) is 10.5. The SMILES string of the molecule is Cc1nnc(C(NC(=O)c2ccc(Cl)cc2)C(N)=O)o1. The summed E-state index contributed by atoms with van der Waals surface area (Å²) in [5, 5.41) is 10.2. The zero-order valence-corrected chi connectivity index (χ0v) is 11.2. The van der Waals surface area contributed by atoms with Gasteiger partial charge < -0.3 is 15.5 Å². The normalized spacial score (nSPS) is 11.9. The lowest BCUT2D eigenvalue weighted by atomic mass is 10.2. The van der Waals surface area contributed by atoms with Gasteiger partial charge in [0.15, 0.2) is 6.04 Å². The third-order valence-corrected chi connectivity index (χ3v) is 2.71. The molecule has 1 aromatic carbocycles. The van der Waals surface area contributed by atoms with E-state index in [1.807, 2.05) is 0 Å². The van der Waals surface area contributed by atoms with Crippen LogP contribution >= 0.6 is 11.6 Å². The summed E-state index contributed by atoms with van der Waals surface area (Å²) in [6, 6.07) is 4.99. The van der Waals surface area contributed by atoms with E-state index >= 15 is 0 Å². The van der Waals surface area contributed by atoms with Crippen molar-refractivity contribution in [3.8, 4) is 0 Å². The molecule has 8 heteroatoms. The molecule has 7 nitrogen and oxygen atoms in total. The fourth-order valence-electron chi connectivity index (χ4n) is 1.50. The predicted molar refractivity (Wildman–Crippen MR) is 69.9 cm³/mol. The molecule has 1 atom stereocenters. The summed E-state index contributed by atoms with van der Waals surface area (Å²) >= 11 is 5.73. The van der Waals surface area contributed by atoms with Gasteiger partial charge in [-0.25, -0.2) is 0 Å². The van der Waals surface area contributed by atoms with Gasteiger partial charge in [-0.05, 0) is 24.3 Å². The highest BCUT2D eigenvalue weighted by atomic mass is 35.5. The maximum Gasteiger partial charge on any atom is 0.252 e. The number of halogens is 1. The molecule has 1 aromatic heterocycles. The first-order chi connectivity index (χ1) is 9.47. The maximum atomic E-state index is 12.0. The number of hydrogen-bond donors (Lipinski definition) is 2. The molecule has 2 rings (SSSR count). The number of primary amides is 1. The Bertz CT molecular complexity index is 638. The highest BCUT2D eigenvalue weighted by Crippen LogP contribution is 2.13. The lowest BCUT2D eigenvalue weighted by molar-refractivity contribution is -0.120. The minimum atomic E-state index is -1.18. The summed E-state index contributed by atoms with van der Waals surface area (Å²) in [6.45, 7) is 1.57. The number of benzene rings is 1. The molecule has 0 fully saturated rings. The van der Waals surface area contributed by atoms with Crippen LogP contribution in [0.3, 0.4) is 0 Å². The monoisotopic (exact) mass is 294 g/mol. The Morgan fingerprint density at radius 1 is 1.30 bits per heavy atom. The molecule has 0 aliphatic carbocycles. The van der Waals surface area contributed by atoms with Crippen LogP contribution in [0.1, 0.15) is 28.2 Å². The van der Waals surface area contributed by atoms with Gasteiger partial charge in [-0.15, -0.1) is 10.2 Å². The summed E-state index contributed by atoms with van der Waals surface area (Å²) in [6.07, 6.45) is 0. The summed E-state index contributed by atoms with van der Waals surface area (Å²) < 4.78 is 5.10. The molecule has 2 amide bonds. The molecule has 0 saturated heterocycles. The van der Waals surface area contributed by atoms with E-state index in [1.165, 1.54) is 12.1 Å². The van der Waals surface area contributed by atoms with Gasteiger partial charge in [-0.2, -0.15) is 0 Å². The van der Waals surface area contributed by atoms with Crippen LogP contribution in [0, 0.1) is 6.92 Å². The average Bonchev–Trinajstić information content (AvgIpc) is 2.82. The van der Waals surface area contributed by atoms with E-state index in [-0.39, 0.29) is 11.8 Å². The van der Waals surface area contributed by atoms with Gasteiger partial charge in [0.05, 0.1) is 0 Å². The number of amides is 2. The highest BCUT2D eigenvalue weighted by Gasteiger charge is 2.26. The Morgan fingerprint density at radius 3 is 2.45 bits per heavy atom. The number of carbonyl (C=O) groups excluding carboxylic acids is 2. The highest BCUT2D eigenvalue weighted by molar-refractivity contribution is 6.30. The van der Waals surface area contributed by atoms with Crippen molar-refractivity contribution in [3.63, 3.8) is 0 Å². The van der Waals surface area contributed by atoms with Gasteiger partial charge in [0.25, 0.3) is 5.91 Å². The molecular formula is C12H11ClN4O3. The number of nitrogens with one attached hydrogen (secondary N) is 1. The molecule has 20 heavy (non-hydrogen) atoms. The summed E-state index contributed by atoms with van der Waals surface area (Å²) in [5.74, 6) is -1.08. The number of aryl methyl sites for hydroxylation is 1. The molecule has 3 N–H and O–H groups in total. The maximum absolute atomic E-state index is 12.0. The smallest absolute Gasteiger partial charge is 0.252 e. The molecule has 2 aromatic rings. The van der Waals surface area contributed by atoms with Crippen molar-refractivity contribution < 1.29 is 14.0 Å². The zero-order chi connectivity index (χ0) is 14.7. The summed E-state index contributed by atoms with van der Waals surface area (Å²) in [7, 11) is 0. The fraction of sp³-hybridized carbons (Fsp3) is 0.167. The first-order valence-corrected chi connectivity index (χ1v) is 6.01. The standard InChI is InChI=1S/C12H11ClN4O3/c1-6-16-17-12(20-6)9(10(14)18)15-11(19)7-2-4-8(13)5-3-7/h2-5,9H,1H3,(H2,14,18)(H,15,19). The molecule has 0 saturated carbocycles. The molecule has 0 aliphatic heterocycles. The third-order valence-electron chi connectivity index (χ3n) is 2.45. The van der Waals surface area contributed by atoms with Crippen molar-refractivity contribution in [1.82, 2.24) is 15.5 Å². The van der Waals surface area contributed by atoms with Gasteiger partial charge in [-0.3, -0.25) is 9.59 Å². The minimum absolute atomic E-state index is 0.0580. The van der Waals surface area contributed by atoms with Crippen LogP contribution in [0.15, 0.2) is 28.7 Å². The quantitative estimate of drug-likeness (QED) is 0.873. The van der Waals surface area contributed by atoms with E-state index in [2.05, 4.69) is 15.5 Å². The van der Waals surface area contributed by atoms with Crippen molar-refractivity contribution in [2.24, 2.45) is 5.73 Å². The van der Waals surface area contributed by atoms with Crippen LogP contribution in [-0.4, -0.2) is 22.0 Å². The number of nitrogens with two attached hydrogens (primary N) is 1. The van der Waals surface area contributed by atoms with E-state index in [4.69, 9.17) is 21.8 Å². The Kier molecular flexibility index (Phi) is 3.99. The largest absolute Gasteiger partial charge is 0.423 e. The molecular weight excluding hydrogens is 284 g/mol. The lowest BCUT2D eigenvalue weighted by Gasteiger charge is -2.11. The van der Waals surface area contributed by atoms with Crippen molar-refractivity contribution in [1.29, 1.82) is 0 Å². The first kappa shape index (κ1) is 14.0.